The SMILES string of the molecule is Cc1ccnc(N2CCCN(CCCCCN)CC2)c1Br. The van der Waals surface area contributed by atoms with Gasteiger partial charge in [-0.1, -0.05) is 6.42 Å². The molecule has 2 heterocycles. The van der Waals surface area contributed by atoms with Crippen molar-refractivity contribution >= 4 is 21.7 Å². The molecule has 2 N–H and O–H groups in total. The van der Waals surface area contributed by atoms with Gasteiger partial charge in [-0.25, -0.2) is 4.98 Å². The minimum absolute atomic E-state index is 0.820. The molecule has 0 aromatic carbocycles. The summed E-state index contributed by atoms with van der Waals surface area (Å²) in [5.74, 6) is 1.10. The molecule has 1 fully saturated rings. The van der Waals surface area contributed by atoms with E-state index in [-0.39, 0.29) is 0 Å². The maximum Gasteiger partial charge on any atom is 0.143 e. The molecule has 4 nitrogen and oxygen atoms in total. The minimum Gasteiger partial charge on any atom is -0.354 e. The molecule has 0 saturated carbocycles. The number of rotatable bonds is 6. The Hall–Kier alpha value is -0.650. The molecule has 0 aliphatic carbocycles. The third-order valence-electron chi connectivity index (χ3n) is 4.13. The highest BCUT2D eigenvalue weighted by Gasteiger charge is 2.18. The van der Waals surface area contributed by atoms with Gasteiger partial charge in [0.15, 0.2) is 0 Å². The van der Waals surface area contributed by atoms with Crippen LogP contribution in [0.2, 0.25) is 0 Å². The molecule has 0 unspecified atom stereocenters. The number of halogens is 1. The quantitative estimate of drug-likeness (QED) is 0.797. The van der Waals surface area contributed by atoms with E-state index in [0.717, 1.165) is 42.9 Å². The molecule has 0 bridgehead atoms. The lowest BCUT2D eigenvalue weighted by atomic mass is 10.2. The first-order chi connectivity index (χ1) is 10.2. The van der Waals surface area contributed by atoms with Gasteiger partial charge in [0.2, 0.25) is 0 Å². The molecule has 0 spiro atoms. The third kappa shape index (κ3) is 4.94. The van der Waals surface area contributed by atoms with Crippen LogP contribution in [-0.4, -0.2) is 49.2 Å². The van der Waals surface area contributed by atoms with Crippen molar-refractivity contribution in [1.82, 2.24) is 9.88 Å². The first-order valence-corrected chi connectivity index (χ1v) is 8.80. The van der Waals surface area contributed by atoms with Crippen LogP contribution in [0.4, 0.5) is 5.82 Å². The van der Waals surface area contributed by atoms with E-state index in [1.54, 1.807) is 0 Å². The fourth-order valence-electron chi connectivity index (χ4n) is 2.81. The van der Waals surface area contributed by atoms with Gasteiger partial charge in [0.25, 0.3) is 0 Å². The summed E-state index contributed by atoms with van der Waals surface area (Å²) in [5.41, 5.74) is 6.80. The standard InChI is InChI=1S/C16H27BrN4/c1-14-6-8-19-16(15(14)17)21-11-5-10-20(12-13-21)9-4-2-3-7-18/h6,8H,2-5,7,9-13,18H2,1H3. The van der Waals surface area contributed by atoms with Gasteiger partial charge in [0.05, 0.1) is 4.47 Å². The number of hydrogen-bond donors (Lipinski definition) is 1. The van der Waals surface area contributed by atoms with Crippen LogP contribution in [0.1, 0.15) is 31.2 Å². The minimum atomic E-state index is 0.820. The second-order valence-electron chi connectivity index (χ2n) is 5.80. The molecule has 1 aromatic rings. The van der Waals surface area contributed by atoms with Crippen molar-refractivity contribution in [3.05, 3.63) is 22.3 Å². The first kappa shape index (κ1) is 16.7. The second kappa shape index (κ2) is 8.71. The molecular weight excluding hydrogens is 328 g/mol. The third-order valence-corrected chi connectivity index (χ3v) is 5.11. The van der Waals surface area contributed by atoms with Gasteiger partial charge in [-0.15, -0.1) is 0 Å². The number of pyridine rings is 1. The zero-order valence-electron chi connectivity index (χ0n) is 13.0. The zero-order chi connectivity index (χ0) is 15.1. The molecule has 118 valence electrons. The van der Waals surface area contributed by atoms with Crippen molar-refractivity contribution in [2.75, 3.05) is 44.2 Å². The Labute approximate surface area is 136 Å². The van der Waals surface area contributed by atoms with E-state index in [4.69, 9.17) is 5.73 Å². The molecule has 5 heteroatoms. The average molecular weight is 355 g/mol. The summed E-state index contributed by atoms with van der Waals surface area (Å²) >= 11 is 3.69. The van der Waals surface area contributed by atoms with Crippen LogP contribution in [0.3, 0.4) is 0 Å². The van der Waals surface area contributed by atoms with E-state index >= 15 is 0 Å². The Balaban J connectivity index is 1.87. The van der Waals surface area contributed by atoms with Gasteiger partial charge in [0, 0.05) is 25.8 Å². The summed E-state index contributed by atoms with van der Waals surface area (Å²) in [7, 11) is 0. The summed E-state index contributed by atoms with van der Waals surface area (Å²) in [4.78, 5) is 9.56. The van der Waals surface area contributed by atoms with Crippen molar-refractivity contribution in [3.8, 4) is 0 Å². The normalized spacial score (nSPS) is 17.0. The fraction of sp³-hybridized carbons (Fsp3) is 0.688. The van der Waals surface area contributed by atoms with Crippen molar-refractivity contribution in [2.45, 2.75) is 32.6 Å². The van der Waals surface area contributed by atoms with E-state index < -0.39 is 0 Å². The van der Waals surface area contributed by atoms with Gasteiger partial charge >= 0.3 is 0 Å². The van der Waals surface area contributed by atoms with E-state index in [2.05, 4.69) is 43.7 Å². The highest BCUT2D eigenvalue weighted by Crippen LogP contribution is 2.27. The van der Waals surface area contributed by atoms with Crippen molar-refractivity contribution < 1.29 is 0 Å². The van der Waals surface area contributed by atoms with Gasteiger partial charge in [-0.05, 0) is 73.4 Å². The molecule has 1 saturated heterocycles. The molecule has 21 heavy (non-hydrogen) atoms. The van der Waals surface area contributed by atoms with Gasteiger partial charge in [-0.2, -0.15) is 0 Å². The highest BCUT2D eigenvalue weighted by atomic mass is 79.9. The van der Waals surface area contributed by atoms with Crippen molar-refractivity contribution in [1.29, 1.82) is 0 Å². The van der Waals surface area contributed by atoms with Crippen LogP contribution in [0.25, 0.3) is 0 Å². The van der Waals surface area contributed by atoms with Crippen LogP contribution >= 0.6 is 15.9 Å². The Morgan fingerprint density at radius 3 is 2.86 bits per heavy atom. The largest absolute Gasteiger partial charge is 0.354 e. The first-order valence-electron chi connectivity index (χ1n) is 8.01. The van der Waals surface area contributed by atoms with Crippen LogP contribution in [0.15, 0.2) is 16.7 Å². The van der Waals surface area contributed by atoms with E-state index in [1.807, 2.05) is 6.20 Å². The fourth-order valence-corrected chi connectivity index (χ4v) is 3.29. The summed E-state index contributed by atoms with van der Waals surface area (Å²) in [5, 5.41) is 0. The number of nitrogens with zero attached hydrogens (tertiary/aromatic N) is 3. The van der Waals surface area contributed by atoms with Gasteiger partial charge in [0.1, 0.15) is 5.82 Å². The lowest BCUT2D eigenvalue weighted by molar-refractivity contribution is 0.286. The van der Waals surface area contributed by atoms with E-state index in [9.17, 15) is 0 Å². The Kier molecular flexibility index (Phi) is 6.93. The second-order valence-corrected chi connectivity index (χ2v) is 6.59. The lowest BCUT2D eigenvalue weighted by Gasteiger charge is -2.24. The number of aromatic nitrogens is 1. The maximum absolute atomic E-state index is 5.55. The summed E-state index contributed by atoms with van der Waals surface area (Å²) in [6.07, 6.45) is 6.79. The maximum atomic E-state index is 5.55. The molecule has 1 aliphatic rings. The topological polar surface area (TPSA) is 45.4 Å². The number of anilines is 1. The summed E-state index contributed by atoms with van der Waals surface area (Å²) in [6, 6.07) is 2.05. The zero-order valence-corrected chi connectivity index (χ0v) is 14.6. The summed E-state index contributed by atoms with van der Waals surface area (Å²) in [6.45, 7) is 8.63. The smallest absolute Gasteiger partial charge is 0.143 e. The molecule has 1 aromatic heterocycles. The van der Waals surface area contributed by atoms with Gasteiger partial charge < -0.3 is 15.5 Å². The Bertz CT molecular complexity index is 438. The molecule has 2 rings (SSSR count). The van der Waals surface area contributed by atoms with E-state index in [0.29, 0.717) is 0 Å². The predicted octanol–water partition coefficient (Wildman–Crippen LogP) is 2.79. The molecular formula is C16H27BrN4. The lowest BCUT2D eigenvalue weighted by Crippen LogP contribution is -2.32. The number of aryl methyl sites for hydroxylation is 1. The highest BCUT2D eigenvalue weighted by molar-refractivity contribution is 9.10. The average Bonchev–Trinajstić information content (AvgIpc) is 2.72. The van der Waals surface area contributed by atoms with Crippen LogP contribution in [-0.2, 0) is 0 Å². The number of hydrogen-bond acceptors (Lipinski definition) is 4. The number of unbranched alkanes of at least 4 members (excludes halogenated alkanes) is 2. The summed E-state index contributed by atoms with van der Waals surface area (Å²) < 4.78 is 1.14. The monoisotopic (exact) mass is 354 g/mol. The molecule has 0 radical (unpaired) electrons. The van der Waals surface area contributed by atoms with Crippen molar-refractivity contribution in [2.24, 2.45) is 5.73 Å². The Morgan fingerprint density at radius 2 is 2.05 bits per heavy atom. The van der Waals surface area contributed by atoms with Crippen molar-refractivity contribution in [3.63, 3.8) is 0 Å². The number of nitrogens with two attached hydrogens (primary N) is 1. The predicted molar refractivity (Wildman–Crippen MR) is 92.8 cm³/mol. The van der Waals surface area contributed by atoms with Crippen LogP contribution < -0.4 is 10.6 Å². The van der Waals surface area contributed by atoms with Crippen LogP contribution in [0.5, 0.6) is 0 Å². The van der Waals surface area contributed by atoms with Gasteiger partial charge in [-0.3, -0.25) is 0 Å². The Morgan fingerprint density at radius 1 is 1.19 bits per heavy atom. The molecule has 0 atom stereocenters. The van der Waals surface area contributed by atoms with E-state index in [1.165, 1.54) is 37.9 Å². The van der Waals surface area contributed by atoms with Crippen LogP contribution in [0, 0.1) is 6.92 Å². The molecule has 1 aliphatic heterocycles. The molecule has 0 amide bonds.